The Kier molecular flexibility index (Phi) is 5.32. The van der Waals surface area contributed by atoms with Crippen LogP contribution in [-0.4, -0.2) is 35.0 Å². The van der Waals surface area contributed by atoms with Crippen molar-refractivity contribution in [3.63, 3.8) is 0 Å². The van der Waals surface area contributed by atoms with Crippen LogP contribution < -0.4 is 20.1 Å². The second-order valence-corrected chi connectivity index (χ2v) is 8.57. The van der Waals surface area contributed by atoms with Crippen molar-refractivity contribution in [2.75, 3.05) is 30.9 Å². The molecule has 7 nitrogen and oxygen atoms in total. The summed E-state index contributed by atoms with van der Waals surface area (Å²) >= 11 is 6.02. The number of amides is 1. The fraction of sp³-hybridized carbons (Fsp3) is 0.278. The molecular weight excluding hydrogens is 390 g/mol. The highest BCUT2D eigenvalue weighted by atomic mass is 35.5. The van der Waals surface area contributed by atoms with Crippen molar-refractivity contribution in [1.29, 1.82) is 0 Å². The third-order valence-electron chi connectivity index (χ3n) is 4.34. The number of primary sulfonamides is 1. The van der Waals surface area contributed by atoms with Gasteiger partial charge in [0.2, 0.25) is 15.9 Å². The Bertz CT molecular complexity index is 992. The van der Waals surface area contributed by atoms with Crippen molar-refractivity contribution in [2.24, 2.45) is 11.1 Å². The SMILES string of the molecule is CN(C)c1ccc(S(N)(=O)=O)cc1NC(=O)[C@@H]1COc2ccc(Cl)cc2C1. The summed E-state index contributed by atoms with van der Waals surface area (Å²) in [5, 5.41) is 8.59. The molecule has 0 saturated heterocycles. The molecule has 0 radical (unpaired) electrons. The zero-order valence-electron chi connectivity index (χ0n) is 14.9. The van der Waals surface area contributed by atoms with E-state index in [1.54, 1.807) is 43.3 Å². The summed E-state index contributed by atoms with van der Waals surface area (Å²) in [6.45, 7) is 0.229. The number of sulfonamides is 1. The first-order chi connectivity index (χ1) is 12.6. The molecule has 3 N–H and O–H groups in total. The van der Waals surface area contributed by atoms with E-state index < -0.39 is 15.9 Å². The third-order valence-corrected chi connectivity index (χ3v) is 5.48. The standard InChI is InChI=1S/C18H20ClN3O4S/c1-22(2)16-5-4-14(27(20,24)25)9-15(16)21-18(23)12-7-11-8-13(19)3-6-17(11)26-10-12/h3-6,8-9,12H,7,10H2,1-2H3,(H,21,23)(H2,20,24,25)/t12-/m0/s1. The van der Waals surface area contributed by atoms with Crippen LogP contribution in [0.15, 0.2) is 41.3 Å². The molecule has 144 valence electrons. The van der Waals surface area contributed by atoms with Crippen LogP contribution in [0.25, 0.3) is 0 Å². The van der Waals surface area contributed by atoms with Crippen LogP contribution in [-0.2, 0) is 21.2 Å². The molecule has 0 bridgehead atoms. The average Bonchev–Trinajstić information content (AvgIpc) is 2.60. The number of carbonyl (C=O) groups excluding carboxylic acids is 1. The lowest BCUT2D eigenvalue weighted by atomic mass is 9.96. The minimum absolute atomic E-state index is 0.0691. The lowest BCUT2D eigenvalue weighted by Crippen LogP contribution is -2.33. The van der Waals surface area contributed by atoms with Gasteiger partial charge in [-0.1, -0.05) is 11.6 Å². The predicted octanol–water partition coefficient (Wildman–Crippen LogP) is 2.24. The number of nitrogens with two attached hydrogens (primary N) is 1. The van der Waals surface area contributed by atoms with Gasteiger partial charge in [-0.2, -0.15) is 0 Å². The first-order valence-corrected chi connectivity index (χ1v) is 10.1. The Morgan fingerprint density at radius 1 is 1.26 bits per heavy atom. The normalized spacial score (nSPS) is 16.2. The molecule has 0 aliphatic carbocycles. The molecule has 9 heteroatoms. The third kappa shape index (κ3) is 4.35. The topological polar surface area (TPSA) is 102 Å². The summed E-state index contributed by atoms with van der Waals surface area (Å²) in [5.41, 5.74) is 1.89. The molecule has 0 fully saturated rings. The maximum absolute atomic E-state index is 12.8. The van der Waals surface area contributed by atoms with Gasteiger partial charge >= 0.3 is 0 Å². The molecule has 3 rings (SSSR count). The minimum Gasteiger partial charge on any atom is -0.492 e. The van der Waals surface area contributed by atoms with Crippen molar-refractivity contribution in [2.45, 2.75) is 11.3 Å². The van der Waals surface area contributed by atoms with Crippen LogP contribution >= 0.6 is 11.6 Å². The van der Waals surface area contributed by atoms with E-state index in [1.165, 1.54) is 12.1 Å². The number of nitrogens with one attached hydrogen (secondary N) is 1. The number of benzene rings is 2. The molecule has 1 atom stereocenters. The molecule has 2 aromatic carbocycles. The number of ether oxygens (including phenoxy) is 1. The summed E-state index contributed by atoms with van der Waals surface area (Å²) in [6, 6.07) is 9.67. The van der Waals surface area contributed by atoms with Crippen molar-refractivity contribution < 1.29 is 17.9 Å². The van der Waals surface area contributed by atoms with Gasteiger partial charge in [0.1, 0.15) is 12.4 Å². The van der Waals surface area contributed by atoms with Crippen LogP contribution in [0.3, 0.4) is 0 Å². The smallest absolute Gasteiger partial charge is 0.238 e. The second-order valence-electron chi connectivity index (χ2n) is 6.57. The van der Waals surface area contributed by atoms with E-state index in [4.69, 9.17) is 21.5 Å². The van der Waals surface area contributed by atoms with Gasteiger partial charge in [0.15, 0.2) is 0 Å². The molecular formula is C18H20ClN3O4S. The van der Waals surface area contributed by atoms with Crippen LogP contribution in [0.4, 0.5) is 11.4 Å². The van der Waals surface area contributed by atoms with E-state index in [9.17, 15) is 13.2 Å². The summed E-state index contributed by atoms with van der Waals surface area (Å²) in [7, 11) is -0.292. The van der Waals surface area contributed by atoms with Gasteiger partial charge in [0.25, 0.3) is 0 Å². The monoisotopic (exact) mass is 409 g/mol. The quantitative estimate of drug-likeness (QED) is 0.806. The fourth-order valence-corrected chi connectivity index (χ4v) is 3.68. The number of anilines is 2. The zero-order valence-corrected chi connectivity index (χ0v) is 16.5. The summed E-state index contributed by atoms with van der Waals surface area (Å²) in [6.07, 6.45) is 0.480. The first-order valence-electron chi connectivity index (χ1n) is 8.21. The highest BCUT2D eigenvalue weighted by Gasteiger charge is 2.27. The highest BCUT2D eigenvalue weighted by molar-refractivity contribution is 7.89. The molecule has 0 unspecified atom stereocenters. The van der Waals surface area contributed by atoms with E-state index in [0.717, 1.165) is 5.56 Å². The average molecular weight is 410 g/mol. The van der Waals surface area contributed by atoms with Crippen LogP contribution in [0.5, 0.6) is 5.75 Å². The van der Waals surface area contributed by atoms with Gasteiger partial charge in [0, 0.05) is 19.1 Å². The lowest BCUT2D eigenvalue weighted by molar-refractivity contribution is -0.121. The molecule has 0 aromatic heterocycles. The highest BCUT2D eigenvalue weighted by Crippen LogP contribution is 2.32. The summed E-state index contributed by atoms with van der Waals surface area (Å²) in [4.78, 5) is 14.5. The van der Waals surface area contributed by atoms with Gasteiger partial charge in [-0.25, -0.2) is 13.6 Å². The number of carbonyl (C=O) groups is 1. The predicted molar refractivity (Wildman–Crippen MR) is 105 cm³/mol. The molecule has 0 spiro atoms. The Morgan fingerprint density at radius 2 is 2.00 bits per heavy atom. The zero-order chi connectivity index (χ0) is 19.8. The van der Waals surface area contributed by atoms with Gasteiger partial charge < -0.3 is 15.0 Å². The second kappa shape index (κ2) is 7.38. The Labute approximate surface area is 163 Å². The Morgan fingerprint density at radius 3 is 2.67 bits per heavy atom. The van der Waals surface area contributed by atoms with Gasteiger partial charge in [-0.05, 0) is 48.4 Å². The maximum Gasteiger partial charge on any atom is 0.238 e. The minimum atomic E-state index is -3.88. The number of nitrogens with zero attached hydrogens (tertiary/aromatic N) is 1. The molecule has 27 heavy (non-hydrogen) atoms. The van der Waals surface area contributed by atoms with Crippen LogP contribution in [0, 0.1) is 5.92 Å². The molecule has 0 saturated carbocycles. The van der Waals surface area contributed by atoms with Crippen LogP contribution in [0.1, 0.15) is 5.56 Å². The van der Waals surface area contributed by atoms with Gasteiger partial charge in [0.05, 0.1) is 22.2 Å². The molecule has 1 aliphatic heterocycles. The lowest BCUT2D eigenvalue weighted by Gasteiger charge is -2.26. The van der Waals surface area contributed by atoms with E-state index in [2.05, 4.69) is 5.32 Å². The molecule has 1 aliphatic rings. The Hall–Kier alpha value is -2.29. The number of rotatable bonds is 4. The van der Waals surface area contributed by atoms with Gasteiger partial charge in [-0.3, -0.25) is 4.79 Å². The summed E-state index contributed by atoms with van der Waals surface area (Å²) < 4.78 is 28.9. The number of fused-ring (bicyclic) bond motifs is 1. The van der Waals surface area contributed by atoms with Crippen molar-refractivity contribution in [3.8, 4) is 5.75 Å². The van der Waals surface area contributed by atoms with E-state index in [0.29, 0.717) is 28.6 Å². The first kappa shape index (κ1) is 19.5. The number of hydrogen-bond acceptors (Lipinski definition) is 5. The van der Waals surface area contributed by atoms with E-state index in [1.807, 2.05) is 0 Å². The molecule has 1 heterocycles. The van der Waals surface area contributed by atoms with E-state index >= 15 is 0 Å². The molecule has 1 amide bonds. The van der Waals surface area contributed by atoms with Crippen molar-refractivity contribution in [3.05, 3.63) is 47.0 Å². The fourth-order valence-electron chi connectivity index (χ4n) is 2.95. The molecule has 2 aromatic rings. The Balaban J connectivity index is 1.85. The van der Waals surface area contributed by atoms with Crippen molar-refractivity contribution >= 4 is 38.9 Å². The number of halogens is 1. The van der Waals surface area contributed by atoms with Crippen molar-refractivity contribution in [1.82, 2.24) is 0 Å². The maximum atomic E-state index is 12.8. The number of hydrogen-bond donors (Lipinski definition) is 2. The van der Waals surface area contributed by atoms with E-state index in [-0.39, 0.29) is 17.4 Å². The largest absolute Gasteiger partial charge is 0.492 e. The van der Waals surface area contributed by atoms with Gasteiger partial charge in [-0.15, -0.1) is 0 Å². The van der Waals surface area contributed by atoms with Crippen LogP contribution in [0.2, 0.25) is 5.02 Å². The summed E-state index contributed by atoms with van der Waals surface area (Å²) in [5.74, 6) is 0.0214.